The summed E-state index contributed by atoms with van der Waals surface area (Å²) in [5.74, 6) is -0.180. The summed E-state index contributed by atoms with van der Waals surface area (Å²) in [6.45, 7) is 4.73. The van der Waals surface area contributed by atoms with Gasteiger partial charge in [-0.25, -0.2) is 4.57 Å². The summed E-state index contributed by atoms with van der Waals surface area (Å²) in [5, 5.41) is 13.7. The normalized spacial score (nSPS) is 14.4. The Kier molecular flexibility index (Phi) is 46.4. The summed E-state index contributed by atoms with van der Waals surface area (Å²) in [7, 11) is 1.57. The first-order valence-corrected chi connectivity index (χ1v) is 29.0. The second kappa shape index (κ2) is 47.5. The molecule has 3 atom stereocenters. The maximum absolute atomic E-state index is 12.8. The number of nitrogens with zero attached hydrogens (tertiary/aromatic N) is 1. The van der Waals surface area contributed by atoms with Gasteiger partial charge >= 0.3 is 7.82 Å². The summed E-state index contributed by atoms with van der Waals surface area (Å²) in [6, 6.07) is -0.841. The predicted molar refractivity (Wildman–Crippen MR) is 281 cm³/mol. The first-order chi connectivity index (χ1) is 31.5. The molecule has 0 heterocycles. The first-order valence-electron chi connectivity index (χ1n) is 27.5. The highest BCUT2D eigenvalue weighted by atomic mass is 31.2. The van der Waals surface area contributed by atoms with Crippen LogP contribution < -0.4 is 5.32 Å². The van der Waals surface area contributed by atoms with Gasteiger partial charge in [0.05, 0.1) is 39.9 Å². The summed E-state index contributed by atoms with van der Waals surface area (Å²) in [5.41, 5.74) is 0. The zero-order valence-corrected chi connectivity index (χ0v) is 44.4. The molecule has 0 aromatic carbocycles. The van der Waals surface area contributed by atoms with Gasteiger partial charge in [0.1, 0.15) is 13.2 Å². The van der Waals surface area contributed by atoms with Crippen molar-refractivity contribution in [2.75, 3.05) is 40.9 Å². The van der Waals surface area contributed by atoms with E-state index in [9.17, 15) is 19.4 Å². The van der Waals surface area contributed by atoms with Crippen molar-refractivity contribution in [3.8, 4) is 0 Å². The van der Waals surface area contributed by atoms with Crippen LogP contribution in [0.1, 0.15) is 251 Å². The molecule has 382 valence electrons. The van der Waals surface area contributed by atoms with Crippen molar-refractivity contribution in [3.05, 3.63) is 48.6 Å². The number of hydrogen-bond acceptors (Lipinski definition) is 5. The molecule has 0 aliphatic carbocycles. The fourth-order valence-electron chi connectivity index (χ4n) is 7.93. The van der Waals surface area contributed by atoms with Crippen LogP contribution in [-0.4, -0.2) is 73.4 Å². The zero-order chi connectivity index (χ0) is 47.8. The number of hydrogen-bond donors (Lipinski definition) is 3. The van der Waals surface area contributed by atoms with Gasteiger partial charge in [-0.05, 0) is 57.8 Å². The second-order valence-electron chi connectivity index (χ2n) is 20.0. The fraction of sp³-hybridized carbons (Fsp3) is 0.839. The van der Waals surface area contributed by atoms with Crippen molar-refractivity contribution in [1.82, 2.24) is 5.32 Å². The predicted octanol–water partition coefficient (Wildman–Crippen LogP) is 16.4. The third-order valence-corrected chi connectivity index (χ3v) is 13.3. The molecule has 0 saturated heterocycles. The van der Waals surface area contributed by atoms with Crippen molar-refractivity contribution >= 4 is 13.7 Å². The van der Waals surface area contributed by atoms with Crippen molar-refractivity contribution in [1.29, 1.82) is 0 Å². The SMILES string of the molecule is CCCCCC/C=C/C(O)C(COP(=O)(O)OCC[N+](C)(C)C)NC(=O)CCCCCCCCCCCCCCCCCCCCCCCC/C=C\C/C=C\C/C=C\CCCCCCC. The number of carbonyl (C=O) groups is 1. The van der Waals surface area contributed by atoms with Crippen LogP contribution in [0.25, 0.3) is 0 Å². The molecule has 8 nitrogen and oxygen atoms in total. The van der Waals surface area contributed by atoms with Crippen LogP contribution in [0.3, 0.4) is 0 Å². The van der Waals surface area contributed by atoms with Crippen LogP contribution in [0.2, 0.25) is 0 Å². The van der Waals surface area contributed by atoms with Gasteiger partial charge in [-0.3, -0.25) is 13.8 Å². The molecule has 1 amide bonds. The van der Waals surface area contributed by atoms with Gasteiger partial charge in [0.2, 0.25) is 5.91 Å². The summed E-state index contributed by atoms with van der Waals surface area (Å²) in [6.07, 6.45) is 62.7. The van der Waals surface area contributed by atoms with Gasteiger partial charge in [-0.2, -0.15) is 0 Å². The summed E-state index contributed by atoms with van der Waals surface area (Å²) >= 11 is 0. The molecule has 65 heavy (non-hydrogen) atoms. The molecule has 0 radical (unpaired) electrons. The van der Waals surface area contributed by atoms with Gasteiger partial charge in [0, 0.05) is 6.42 Å². The third kappa shape index (κ3) is 50.2. The van der Waals surface area contributed by atoms with Gasteiger partial charge in [0.25, 0.3) is 0 Å². The van der Waals surface area contributed by atoms with E-state index in [4.69, 9.17) is 9.05 Å². The van der Waals surface area contributed by atoms with Crippen LogP contribution >= 0.6 is 7.82 Å². The molecule has 0 aromatic rings. The Morgan fingerprint density at radius 1 is 0.523 bits per heavy atom. The Labute approximate surface area is 403 Å². The minimum atomic E-state index is -4.33. The van der Waals surface area contributed by atoms with Crippen LogP contribution in [-0.2, 0) is 18.4 Å². The average molecular weight is 936 g/mol. The van der Waals surface area contributed by atoms with Crippen LogP contribution in [0.15, 0.2) is 48.6 Å². The van der Waals surface area contributed by atoms with E-state index in [0.717, 1.165) is 57.8 Å². The Hall–Kier alpha value is -1.54. The quantitative estimate of drug-likeness (QED) is 0.0243. The number of carbonyl (C=O) groups excluding carboxylic acids is 1. The smallest absolute Gasteiger partial charge is 0.387 e. The van der Waals surface area contributed by atoms with Crippen LogP contribution in [0.5, 0.6) is 0 Å². The molecule has 0 rings (SSSR count). The van der Waals surface area contributed by atoms with E-state index in [1.807, 2.05) is 27.2 Å². The van der Waals surface area contributed by atoms with Crippen molar-refractivity contribution in [2.24, 2.45) is 0 Å². The number of unbranched alkanes of at least 4 members (excludes halogenated alkanes) is 31. The van der Waals surface area contributed by atoms with Crippen molar-refractivity contribution in [2.45, 2.75) is 264 Å². The lowest BCUT2D eigenvalue weighted by atomic mass is 10.0. The third-order valence-electron chi connectivity index (χ3n) is 12.3. The Bertz CT molecular complexity index is 1200. The molecule has 9 heteroatoms. The maximum atomic E-state index is 12.8. The molecule has 0 aliphatic rings. The Balaban J connectivity index is 3.76. The standard InChI is InChI=1S/C56H107N2O6P/c1-6-8-10-12-14-15-16-17-18-19-20-21-22-23-24-25-26-27-28-29-30-31-32-33-34-35-36-37-38-39-40-41-42-43-44-46-48-50-56(60)57-54(55(59)49-47-45-13-11-9-7-2)53-64-65(61,62)63-52-51-58(3,4)5/h16-17,19-20,22-23,47,49,54-55,59H,6-15,18,21,24-46,48,50-53H2,1-5H3,(H-,57,60,61,62)/p+1/b17-16-,20-19-,23-22-,49-47+. The summed E-state index contributed by atoms with van der Waals surface area (Å²) in [4.78, 5) is 23.0. The highest BCUT2D eigenvalue weighted by molar-refractivity contribution is 7.47. The van der Waals surface area contributed by atoms with E-state index in [1.54, 1.807) is 6.08 Å². The number of quaternary nitrogens is 1. The van der Waals surface area contributed by atoms with E-state index in [-0.39, 0.29) is 19.1 Å². The van der Waals surface area contributed by atoms with Crippen LogP contribution in [0, 0.1) is 0 Å². The molecular formula is C56H108N2O6P+. The van der Waals surface area contributed by atoms with Gasteiger partial charge in [-0.1, -0.05) is 236 Å². The first kappa shape index (κ1) is 63.5. The van der Waals surface area contributed by atoms with Gasteiger partial charge in [-0.15, -0.1) is 0 Å². The molecule has 0 aliphatic heterocycles. The van der Waals surface area contributed by atoms with E-state index < -0.39 is 20.0 Å². The molecule has 3 unspecified atom stereocenters. The lowest BCUT2D eigenvalue weighted by Gasteiger charge is -2.25. The number of aliphatic hydroxyl groups excluding tert-OH is 1. The number of aliphatic hydroxyl groups is 1. The number of phosphoric ester groups is 1. The number of likely N-dealkylation sites (N-methyl/N-ethyl adjacent to an activating group) is 1. The molecule has 0 aromatic heterocycles. The van der Waals surface area contributed by atoms with E-state index in [0.29, 0.717) is 17.4 Å². The van der Waals surface area contributed by atoms with Gasteiger partial charge in [0.15, 0.2) is 0 Å². The van der Waals surface area contributed by atoms with E-state index >= 15 is 0 Å². The topological polar surface area (TPSA) is 105 Å². The minimum Gasteiger partial charge on any atom is -0.387 e. The number of phosphoric acid groups is 1. The van der Waals surface area contributed by atoms with E-state index in [1.165, 1.54) is 173 Å². The Morgan fingerprint density at radius 2 is 0.877 bits per heavy atom. The molecular weight excluding hydrogens is 828 g/mol. The lowest BCUT2D eigenvalue weighted by molar-refractivity contribution is -0.870. The maximum Gasteiger partial charge on any atom is 0.472 e. The van der Waals surface area contributed by atoms with Gasteiger partial charge < -0.3 is 19.8 Å². The van der Waals surface area contributed by atoms with Crippen molar-refractivity contribution in [3.63, 3.8) is 0 Å². The van der Waals surface area contributed by atoms with Crippen molar-refractivity contribution < 1.29 is 32.9 Å². The average Bonchev–Trinajstić information content (AvgIpc) is 3.26. The molecule has 3 N–H and O–H groups in total. The number of amides is 1. The molecule has 0 spiro atoms. The van der Waals surface area contributed by atoms with Crippen LogP contribution in [0.4, 0.5) is 0 Å². The Morgan fingerprint density at radius 3 is 1.29 bits per heavy atom. The highest BCUT2D eigenvalue weighted by Crippen LogP contribution is 2.43. The fourth-order valence-corrected chi connectivity index (χ4v) is 8.67. The minimum absolute atomic E-state index is 0.0615. The zero-order valence-electron chi connectivity index (χ0n) is 43.5. The van der Waals surface area contributed by atoms with E-state index in [2.05, 4.69) is 55.6 Å². The molecule has 0 saturated carbocycles. The number of nitrogens with one attached hydrogen (secondary N) is 1. The molecule has 0 bridgehead atoms. The summed E-state index contributed by atoms with van der Waals surface area (Å²) < 4.78 is 23.4. The number of allylic oxidation sites excluding steroid dienone is 7. The lowest BCUT2D eigenvalue weighted by Crippen LogP contribution is -2.45. The molecule has 0 fully saturated rings. The number of rotatable bonds is 50. The monoisotopic (exact) mass is 936 g/mol. The largest absolute Gasteiger partial charge is 0.472 e. The highest BCUT2D eigenvalue weighted by Gasteiger charge is 2.27. The second-order valence-corrected chi connectivity index (χ2v) is 21.4.